The summed E-state index contributed by atoms with van der Waals surface area (Å²) >= 11 is 0. The molecule has 0 aromatic rings. The zero-order valence-corrected chi connectivity index (χ0v) is 12.4. The molecule has 1 saturated heterocycles. The molecule has 0 aromatic carbocycles. The van der Waals surface area contributed by atoms with E-state index in [9.17, 15) is 22.8 Å². The Balaban J connectivity index is 1.89. The summed E-state index contributed by atoms with van der Waals surface area (Å²) in [6.45, 7) is -0.969. The van der Waals surface area contributed by atoms with Gasteiger partial charge in [-0.25, -0.2) is 0 Å². The summed E-state index contributed by atoms with van der Waals surface area (Å²) in [6, 6.07) is -0.0296. The lowest BCUT2D eigenvalue weighted by atomic mass is 9.84. The number of rotatable bonds is 4. The molecule has 22 heavy (non-hydrogen) atoms. The van der Waals surface area contributed by atoms with Gasteiger partial charge in [0, 0.05) is 19.0 Å². The third-order valence-corrected chi connectivity index (χ3v) is 4.49. The lowest BCUT2D eigenvalue weighted by Crippen LogP contribution is -2.47. The summed E-state index contributed by atoms with van der Waals surface area (Å²) in [7, 11) is 0. The van der Waals surface area contributed by atoms with E-state index in [1.165, 1.54) is 0 Å². The predicted molar refractivity (Wildman–Crippen MR) is 73.7 cm³/mol. The lowest BCUT2D eigenvalue weighted by molar-refractivity contribution is -0.157. The molecule has 2 fully saturated rings. The highest BCUT2D eigenvalue weighted by atomic mass is 19.4. The summed E-state index contributed by atoms with van der Waals surface area (Å²) in [5, 5.41) is 2.89. The topological polar surface area (TPSA) is 75.4 Å². The van der Waals surface area contributed by atoms with E-state index >= 15 is 0 Å². The van der Waals surface area contributed by atoms with Crippen LogP contribution in [0.4, 0.5) is 13.2 Å². The fraction of sp³-hybridized carbons (Fsp3) is 0.857. The Bertz CT molecular complexity index is 428. The van der Waals surface area contributed by atoms with Crippen LogP contribution in [0, 0.1) is 11.8 Å². The zero-order valence-electron chi connectivity index (χ0n) is 12.4. The van der Waals surface area contributed by atoms with Gasteiger partial charge in [0.2, 0.25) is 11.8 Å². The first kappa shape index (κ1) is 17.1. The van der Waals surface area contributed by atoms with Crippen LogP contribution in [0.1, 0.15) is 32.1 Å². The molecule has 126 valence electrons. The van der Waals surface area contributed by atoms with Gasteiger partial charge in [0.1, 0.15) is 6.54 Å². The van der Waals surface area contributed by atoms with Gasteiger partial charge in [-0.3, -0.25) is 9.59 Å². The highest BCUT2D eigenvalue weighted by Crippen LogP contribution is 2.26. The smallest absolute Gasteiger partial charge is 0.353 e. The van der Waals surface area contributed by atoms with E-state index in [-0.39, 0.29) is 30.8 Å². The Labute approximate surface area is 127 Å². The van der Waals surface area contributed by atoms with E-state index in [2.05, 4.69) is 5.32 Å². The maximum Gasteiger partial charge on any atom is 0.406 e. The molecule has 2 amide bonds. The van der Waals surface area contributed by atoms with E-state index in [0.717, 1.165) is 25.7 Å². The van der Waals surface area contributed by atoms with Crippen LogP contribution in [0.2, 0.25) is 0 Å². The number of nitrogens with one attached hydrogen (secondary N) is 1. The second kappa shape index (κ2) is 6.85. The summed E-state index contributed by atoms with van der Waals surface area (Å²) in [6.07, 6.45) is -0.719. The van der Waals surface area contributed by atoms with Crippen molar-refractivity contribution in [2.24, 2.45) is 17.6 Å². The second-order valence-electron chi connectivity index (χ2n) is 6.19. The molecular formula is C14H22F3N3O2. The molecule has 2 rings (SSSR count). The molecule has 8 heteroatoms. The summed E-state index contributed by atoms with van der Waals surface area (Å²) in [4.78, 5) is 24.5. The number of amides is 2. The van der Waals surface area contributed by atoms with Crippen molar-refractivity contribution in [2.75, 3.05) is 19.6 Å². The number of carbonyl (C=O) groups excluding carboxylic acids is 2. The molecule has 0 aromatic heterocycles. The normalized spacial score (nSPS) is 29.7. The lowest BCUT2D eigenvalue weighted by Gasteiger charge is -2.32. The number of hydrogen-bond donors (Lipinski definition) is 2. The summed E-state index contributed by atoms with van der Waals surface area (Å²) in [5.41, 5.74) is 5.70. The Hall–Kier alpha value is -1.31. The molecule has 0 radical (unpaired) electrons. The zero-order chi connectivity index (χ0) is 16.3. The number of alkyl halides is 3. The van der Waals surface area contributed by atoms with Gasteiger partial charge < -0.3 is 16.0 Å². The van der Waals surface area contributed by atoms with Crippen LogP contribution in [-0.4, -0.2) is 48.6 Å². The van der Waals surface area contributed by atoms with Crippen molar-refractivity contribution in [3.8, 4) is 0 Å². The van der Waals surface area contributed by atoms with Crippen molar-refractivity contribution in [2.45, 2.75) is 44.3 Å². The third kappa shape index (κ3) is 4.34. The Morgan fingerprint density at radius 2 is 2.00 bits per heavy atom. The summed E-state index contributed by atoms with van der Waals surface area (Å²) < 4.78 is 37.1. The molecule has 1 heterocycles. The predicted octanol–water partition coefficient (Wildman–Crippen LogP) is 1.03. The Morgan fingerprint density at radius 3 is 2.64 bits per heavy atom. The number of hydrogen-bond acceptors (Lipinski definition) is 3. The molecule has 3 atom stereocenters. The highest BCUT2D eigenvalue weighted by molar-refractivity contribution is 5.89. The van der Waals surface area contributed by atoms with Gasteiger partial charge in [0.25, 0.3) is 0 Å². The van der Waals surface area contributed by atoms with Crippen LogP contribution in [0.25, 0.3) is 0 Å². The van der Waals surface area contributed by atoms with Crippen LogP contribution >= 0.6 is 0 Å². The molecular weight excluding hydrogens is 299 g/mol. The van der Waals surface area contributed by atoms with Gasteiger partial charge in [-0.05, 0) is 25.3 Å². The van der Waals surface area contributed by atoms with Crippen LogP contribution in [0.15, 0.2) is 0 Å². The van der Waals surface area contributed by atoms with Crippen molar-refractivity contribution in [1.82, 2.24) is 10.2 Å². The second-order valence-corrected chi connectivity index (χ2v) is 6.19. The molecule has 5 nitrogen and oxygen atoms in total. The standard InChI is InChI=1S/C14H22F3N3O2/c15-14(16,17)8-20-7-10(5-12(20)21)13(22)19-11-4-2-1-3-9(11)6-18/h9-11H,1-8,18H2,(H,19,22). The third-order valence-electron chi connectivity index (χ3n) is 4.49. The van der Waals surface area contributed by atoms with Gasteiger partial charge in [-0.2, -0.15) is 13.2 Å². The molecule has 2 aliphatic rings. The minimum Gasteiger partial charge on any atom is -0.353 e. The van der Waals surface area contributed by atoms with E-state index in [0.29, 0.717) is 11.4 Å². The van der Waals surface area contributed by atoms with Gasteiger partial charge in [-0.15, -0.1) is 0 Å². The van der Waals surface area contributed by atoms with Gasteiger partial charge >= 0.3 is 6.18 Å². The largest absolute Gasteiger partial charge is 0.406 e. The van der Waals surface area contributed by atoms with Crippen LogP contribution < -0.4 is 11.1 Å². The highest BCUT2D eigenvalue weighted by Gasteiger charge is 2.41. The fourth-order valence-electron chi connectivity index (χ4n) is 3.30. The number of nitrogens with zero attached hydrogens (tertiary/aromatic N) is 1. The maximum atomic E-state index is 12.4. The molecule has 0 spiro atoms. The minimum absolute atomic E-state index is 0.0296. The average Bonchev–Trinajstić information content (AvgIpc) is 2.79. The molecule has 0 bridgehead atoms. The van der Waals surface area contributed by atoms with Crippen LogP contribution in [0.3, 0.4) is 0 Å². The van der Waals surface area contributed by atoms with Crippen molar-refractivity contribution in [3.63, 3.8) is 0 Å². The molecule has 3 N–H and O–H groups in total. The molecule has 1 aliphatic carbocycles. The maximum absolute atomic E-state index is 12.4. The summed E-state index contributed by atoms with van der Waals surface area (Å²) in [5.74, 6) is -1.43. The van der Waals surface area contributed by atoms with Gasteiger partial charge in [-0.1, -0.05) is 12.8 Å². The first-order valence-electron chi connectivity index (χ1n) is 7.65. The molecule has 3 unspecified atom stereocenters. The fourth-order valence-corrected chi connectivity index (χ4v) is 3.30. The van der Waals surface area contributed by atoms with E-state index < -0.39 is 24.5 Å². The van der Waals surface area contributed by atoms with E-state index in [1.54, 1.807) is 0 Å². The van der Waals surface area contributed by atoms with Crippen LogP contribution in [0.5, 0.6) is 0 Å². The first-order chi connectivity index (χ1) is 10.3. The molecule has 1 saturated carbocycles. The number of halogens is 3. The first-order valence-corrected chi connectivity index (χ1v) is 7.65. The molecule has 1 aliphatic heterocycles. The Kier molecular flexibility index (Phi) is 5.31. The van der Waals surface area contributed by atoms with Gasteiger partial charge in [0.15, 0.2) is 0 Å². The van der Waals surface area contributed by atoms with E-state index in [1.807, 2.05) is 0 Å². The monoisotopic (exact) mass is 321 g/mol. The average molecular weight is 321 g/mol. The van der Waals surface area contributed by atoms with Crippen LogP contribution in [-0.2, 0) is 9.59 Å². The van der Waals surface area contributed by atoms with Crippen molar-refractivity contribution < 1.29 is 22.8 Å². The van der Waals surface area contributed by atoms with Gasteiger partial charge in [0.05, 0.1) is 5.92 Å². The quantitative estimate of drug-likeness (QED) is 0.812. The number of carbonyl (C=O) groups is 2. The Morgan fingerprint density at radius 1 is 1.32 bits per heavy atom. The SMILES string of the molecule is NCC1CCCCC1NC(=O)C1CC(=O)N(CC(F)(F)F)C1. The number of nitrogens with two attached hydrogens (primary N) is 1. The number of likely N-dealkylation sites (tertiary alicyclic amines) is 1. The van der Waals surface area contributed by atoms with Crippen molar-refractivity contribution in [3.05, 3.63) is 0 Å². The van der Waals surface area contributed by atoms with Crippen molar-refractivity contribution in [1.29, 1.82) is 0 Å². The minimum atomic E-state index is -4.44. The van der Waals surface area contributed by atoms with Crippen molar-refractivity contribution >= 4 is 11.8 Å². The van der Waals surface area contributed by atoms with E-state index in [4.69, 9.17) is 5.73 Å².